The van der Waals surface area contributed by atoms with Crippen LogP contribution in [-0.2, 0) is 20.2 Å². The fraction of sp³-hybridized carbons (Fsp3) is 0.500. The van der Waals surface area contributed by atoms with E-state index in [0.29, 0.717) is 11.3 Å². The third-order valence-corrected chi connectivity index (χ3v) is 7.20. The average Bonchev–Trinajstić information content (AvgIpc) is 2.88. The Bertz CT molecular complexity index is 747. The monoisotopic (exact) mass is 356 g/mol. The minimum absolute atomic E-state index is 0.0841. The average molecular weight is 356 g/mol. The molecule has 0 unspecified atom stereocenters. The number of nitrogens with two attached hydrogens (primary N) is 1. The first-order chi connectivity index (χ1) is 9.64. The van der Waals surface area contributed by atoms with E-state index in [0.717, 1.165) is 14.1 Å². The van der Waals surface area contributed by atoms with E-state index in [4.69, 9.17) is 10.2 Å². The van der Waals surface area contributed by atoms with Crippen LogP contribution in [0.2, 0.25) is 0 Å². The minimum Gasteiger partial charge on any atom is -0.476 e. The van der Waals surface area contributed by atoms with Crippen molar-refractivity contribution in [3.63, 3.8) is 0 Å². The number of hydrogen-bond donors (Lipinski definition) is 2. The standard InChI is InChI=1S/C8H12N4O6S3/c9-21(17,18)12-3-1-11(2-4-12)20(15,16)8-6(7(13)14)10-5-19-8/h5H,1-4H2,(H,13,14)(H2,9,17,18). The number of sulfonamides is 1. The smallest absolute Gasteiger partial charge is 0.356 e. The number of carbonyl (C=O) groups is 1. The SMILES string of the molecule is NS(=O)(=O)N1CCN(S(=O)(=O)c2scnc2C(=O)O)CC1. The molecule has 21 heavy (non-hydrogen) atoms. The lowest BCUT2D eigenvalue weighted by atomic mass is 10.4. The Balaban J connectivity index is 2.23. The molecule has 2 rings (SSSR count). The molecule has 1 aliphatic rings. The lowest BCUT2D eigenvalue weighted by Gasteiger charge is -2.31. The summed E-state index contributed by atoms with van der Waals surface area (Å²) in [5.74, 6) is -1.43. The Kier molecular flexibility index (Phi) is 4.32. The number of hydrogen-bond acceptors (Lipinski definition) is 7. The maximum absolute atomic E-state index is 12.4. The highest BCUT2D eigenvalue weighted by atomic mass is 32.2. The van der Waals surface area contributed by atoms with Crippen molar-refractivity contribution >= 4 is 37.5 Å². The van der Waals surface area contributed by atoms with Gasteiger partial charge in [0.15, 0.2) is 9.90 Å². The summed E-state index contributed by atoms with van der Waals surface area (Å²) < 4.78 is 48.7. The Labute approximate surface area is 125 Å². The largest absolute Gasteiger partial charge is 0.476 e. The summed E-state index contributed by atoms with van der Waals surface area (Å²) in [6.45, 7) is -0.371. The minimum atomic E-state index is -4.02. The number of thiazole rings is 1. The maximum atomic E-state index is 12.4. The van der Waals surface area contributed by atoms with Crippen molar-refractivity contribution in [2.45, 2.75) is 4.21 Å². The molecule has 0 aliphatic carbocycles. The van der Waals surface area contributed by atoms with Crippen molar-refractivity contribution in [1.82, 2.24) is 13.6 Å². The number of carboxylic acids is 1. The van der Waals surface area contributed by atoms with Gasteiger partial charge in [-0.05, 0) is 0 Å². The van der Waals surface area contributed by atoms with Gasteiger partial charge in [0.05, 0.1) is 5.51 Å². The van der Waals surface area contributed by atoms with E-state index in [2.05, 4.69) is 4.98 Å². The lowest BCUT2D eigenvalue weighted by Crippen LogP contribution is -2.52. The Morgan fingerprint density at radius 2 is 1.71 bits per heavy atom. The van der Waals surface area contributed by atoms with Gasteiger partial charge in [-0.3, -0.25) is 0 Å². The van der Waals surface area contributed by atoms with Crippen molar-refractivity contribution in [3.8, 4) is 0 Å². The molecule has 118 valence electrons. The lowest BCUT2D eigenvalue weighted by molar-refractivity contribution is 0.0687. The van der Waals surface area contributed by atoms with E-state index in [-0.39, 0.29) is 30.4 Å². The molecule has 1 fully saturated rings. The van der Waals surface area contributed by atoms with Gasteiger partial charge in [0.1, 0.15) is 0 Å². The van der Waals surface area contributed by atoms with Crippen LogP contribution in [0.3, 0.4) is 0 Å². The Morgan fingerprint density at radius 3 is 2.19 bits per heavy atom. The second-order valence-corrected chi connectivity index (χ2v) is 8.68. The van der Waals surface area contributed by atoms with E-state index in [9.17, 15) is 21.6 Å². The van der Waals surface area contributed by atoms with Crippen LogP contribution >= 0.6 is 11.3 Å². The number of carboxylic acid groups (broad SMARTS) is 1. The van der Waals surface area contributed by atoms with Crippen LogP contribution in [0.5, 0.6) is 0 Å². The number of rotatable bonds is 4. The van der Waals surface area contributed by atoms with Gasteiger partial charge in [0.2, 0.25) is 0 Å². The molecule has 0 radical (unpaired) electrons. The van der Waals surface area contributed by atoms with Crippen LogP contribution in [0.4, 0.5) is 0 Å². The molecule has 1 saturated heterocycles. The zero-order chi connectivity index (χ0) is 15.8. The van der Waals surface area contributed by atoms with E-state index in [1.165, 1.54) is 0 Å². The zero-order valence-electron chi connectivity index (χ0n) is 10.5. The second-order valence-electron chi connectivity index (χ2n) is 4.14. The third-order valence-electron chi connectivity index (χ3n) is 2.87. The van der Waals surface area contributed by atoms with Crippen molar-refractivity contribution in [3.05, 3.63) is 11.2 Å². The number of aromatic carboxylic acids is 1. The topological polar surface area (TPSA) is 151 Å². The van der Waals surface area contributed by atoms with Gasteiger partial charge in [-0.2, -0.15) is 17.0 Å². The summed E-state index contributed by atoms with van der Waals surface area (Å²) in [6, 6.07) is 0. The van der Waals surface area contributed by atoms with E-state index >= 15 is 0 Å². The highest BCUT2D eigenvalue weighted by molar-refractivity contribution is 7.91. The molecular weight excluding hydrogens is 344 g/mol. The van der Waals surface area contributed by atoms with Gasteiger partial charge >= 0.3 is 5.97 Å². The van der Waals surface area contributed by atoms with Crippen LogP contribution in [0.15, 0.2) is 9.72 Å². The molecule has 0 atom stereocenters. The van der Waals surface area contributed by atoms with Gasteiger partial charge in [0, 0.05) is 26.2 Å². The highest BCUT2D eigenvalue weighted by Gasteiger charge is 2.35. The highest BCUT2D eigenvalue weighted by Crippen LogP contribution is 2.25. The number of nitrogens with zero attached hydrogens (tertiary/aromatic N) is 3. The van der Waals surface area contributed by atoms with E-state index < -0.39 is 31.9 Å². The summed E-state index contributed by atoms with van der Waals surface area (Å²) >= 11 is 0.707. The molecular formula is C8H12N4O6S3. The number of piperazine rings is 1. The fourth-order valence-corrected chi connectivity index (χ4v) is 5.22. The van der Waals surface area contributed by atoms with E-state index in [1.54, 1.807) is 0 Å². The normalized spacial score (nSPS) is 18.7. The quantitative estimate of drug-likeness (QED) is 0.656. The van der Waals surface area contributed by atoms with Crippen LogP contribution < -0.4 is 5.14 Å². The van der Waals surface area contributed by atoms with E-state index in [1.807, 2.05) is 0 Å². The molecule has 0 aromatic carbocycles. The first-order valence-electron chi connectivity index (χ1n) is 5.59. The van der Waals surface area contributed by atoms with Crippen molar-refractivity contribution in [2.75, 3.05) is 26.2 Å². The Hall–Kier alpha value is -1.12. The first kappa shape index (κ1) is 16.3. The van der Waals surface area contributed by atoms with Crippen LogP contribution in [0.1, 0.15) is 10.5 Å². The maximum Gasteiger partial charge on any atom is 0.356 e. The molecule has 2 heterocycles. The predicted molar refractivity (Wildman–Crippen MR) is 72.5 cm³/mol. The Morgan fingerprint density at radius 1 is 1.19 bits per heavy atom. The zero-order valence-corrected chi connectivity index (χ0v) is 13.0. The molecule has 0 spiro atoms. The predicted octanol–water partition coefficient (Wildman–Crippen LogP) is -1.65. The molecule has 3 N–H and O–H groups in total. The van der Waals surface area contributed by atoms with Gasteiger partial charge < -0.3 is 5.11 Å². The summed E-state index contributed by atoms with van der Waals surface area (Å²) in [6.07, 6.45) is 0. The first-order valence-corrected chi connectivity index (χ1v) is 9.41. The van der Waals surface area contributed by atoms with Gasteiger partial charge in [-0.1, -0.05) is 0 Å². The summed E-state index contributed by atoms with van der Waals surface area (Å²) in [5, 5.41) is 13.9. The molecule has 0 saturated carbocycles. The second kappa shape index (κ2) is 5.58. The van der Waals surface area contributed by atoms with Crippen LogP contribution in [0.25, 0.3) is 0 Å². The number of aromatic nitrogens is 1. The van der Waals surface area contributed by atoms with Crippen molar-refractivity contribution in [1.29, 1.82) is 0 Å². The van der Waals surface area contributed by atoms with Crippen LogP contribution in [-0.4, -0.2) is 67.7 Å². The molecule has 0 amide bonds. The third kappa shape index (κ3) is 3.22. The molecule has 1 aromatic rings. The summed E-state index contributed by atoms with van der Waals surface area (Å²) in [7, 11) is -7.88. The summed E-state index contributed by atoms with van der Waals surface area (Å²) in [5.41, 5.74) is 0.602. The van der Waals surface area contributed by atoms with Crippen molar-refractivity contribution in [2.24, 2.45) is 5.14 Å². The van der Waals surface area contributed by atoms with Crippen LogP contribution in [0, 0.1) is 0 Å². The van der Waals surface area contributed by atoms with Gasteiger partial charge in [-0.15, -0.1) is 11.3 Å². The molecule has 13 heteroatoms. The molecule has 10 nitrogen and oxygen atoms in total. The van der Waals surface area contributed by atoms with Crippen molar-refractivity contribution < 1.29 is 26.7 Å². The van der Waals surface area contributed by atoms with Gasteiger partial charge in [0.25, 0.3) is 20.2 Å². The molecule has 0 bridgehead atoms. The molecule has 1 aromatic heterocycles. The van der Waals surface area contributed by atoms with Gasteiger partial charge in [-0.25, -0.2) is 23.3 Å². The fourth-order valence-electron chi connectivity index (χ4n) is 1.84. The summed E-state index contributed by atoms with van der Waals surface area (Å²) in [4.78, 5) is 14.5. The molecule has 1 aliphatic heterocycles.